The van der Waals surface area contributed by atoms with Gasteiger partial charge in [-0.3, -0.25) is 9.88 Å². The lowest BCUT2D eigenvalue weighted by molar-refractivity contribution is 0.0222. The molecule has 7 heteroatoms. The van der Waals surface area contributed by atoms with Crippen LogP contribution >= 0.6 is 11.3 Å². The monoisotopic (exact) mass is 345 g/mol. The number of nitrogens with zero attached hydrogens (tertiary/aromatic N) is 3. The lowest BCUT2D eigenvalue weighted by atomic mass is 9.98. The summed E-state index contributed by atoms with van der Waals surface area (Å²) in [6.45, 7) is 2.44. The highest BCUT2D eigenvalue weighted by molar-refractivity contribution is 7.16. The number of morpholine rings is 1. The first-order valence-corrected chi connectivity index (χ1v) is 8.61. The van der Waals surface area contributed by atoms with Crippen LogP contribution in [0.4, 0.5) is 4.39 Å². The van der Waals surface area contributed by atoms with E-state index in [1.54, 1.807) is 17.8 Å². The van der Waals surface area contributed by atoms with Crippen LogP contribution in [0.2, 0.25) is 0 Å². The van der Waals surface area contributed by atoms with Crippen LogP contribution in [0.25, 0.3) is 10.2 Å². The Bertz CT molecular complexity index is 864. The lowest BCUT2D eigenvalue weighted by Gasteiger charge is -2.34. The normalized spacial score (nSPS) is 17.2. The molecule has 1 aromatic carbocycles. The number of pyridine rings is 1. The summed E-state index contributed by atoms with van der Waals surface area (Å²) in [5.74, 6) is -0.290. The molecule has 0 aliphatic carbocycles. The van der Waals surface area contributed by atoms with Crippen LogP contribution in [0.3, 0.4) is 0 Å². The maximum absolute atomic E-state index is 14.5. The van der Waals surface area contributed by atoms with Gasteiger partial charge in [-0.15, -0.1) is 11.3 Å². The van der Waals surface area contributed by atoms with Crippen LogP contribution in [0.15, 0.2) is 36.0 Å². The minimum Gasteiger partial charge on any atom is -0.505 e. The Balaban J connectivity index is 1.87. The molecule has 1 saturated heterocycles. The topological polar surface area (TPSA) is 58.5 Å². The van der Waals surface area contributed by atoms with E-state index < -0.39 is 6.04 Å². The Hall–Kier alpha value is -2.09. The molecule has 1 N–H and O–H groups in total. The minimum atomic E-state index is -0.471. The number of thiazole rings is 1. The van der Waals surface area contributed by atoms with Gasteiger partial charge in [0.25, 0.3) is 0 Å². The van der Waals surface area contributed by atoms with Gasteiger partial charge in [-0.25, -0.2) is 9.37 Å². The van der Waals surface area contributed by atoms with Crippen molar-refractivity contribution in [2.24, 2.45) is 0 Å². The second-order valence-corrected chi connectivity index (χ2v) is 6.51. The molecule has 1 aliphatic rings. The van der Waals surface area contributed by atoms with E-state index in [0.717, 1.165) is 4.70 Å². The molecule has 2 aromatic heterocycles. The Morgan fingerprint density at radius 2 is 2.04 bits per heavy atom. The van der Waals surface area contributed by atoms with E-state index in [4.69, 9.17) is 4.74 Å². The molecule has 0 spiro atoms. The number of benzene rings is 1. The number of ether oxygens (including phenoxy) is 1. The number of aromatic nitrogens is 2. The highest BCUT2D eigenvalue weighted by Gasteiger charge is 2.30. The fourth-order valence-electron chi connectivity index (χ4n) is 3.10. The summed E-state index contributed by atoms with van der Waals surface area (Å²) in [4.78, 5) is 10.6. The number of halogens is 1. The van der Waals surface area contributed by atoms with Gasteiger partial charge in [-0.05, 0) is 18.2 Å². The first-order chi connectivity index (χ1) is 11.8. The highest BCUT2D eigenvalue weighted by atomic mass is 32.1. The number of aromatic hydroxyl groups is 1. The maximum atomic E-state index is 14.5. The molecule has 0 bridgehead atoms. The molecule has 1 fully saturated rings. The van der Waals surface area contributed by atoms with Crippen molar-refractivity contribution in [3.63, 3.8) is 0 Å². The molecule has 0 radical (unpaired) electrons. The van der Waals surface area contributed by atoms with Gasteiger partial charge in [0, 0.05) is 24.8 Å². The molecule has 5 nitrogen and oxygen atoms in total. The van der Waals surface area contributed by atoms with Gasteiger partial charge < -0.3 is 9.84 Å². The first-order valence-electron chi connectivity index (χ1n) is 7.73. The molecular weight excluding hydrogens is 329 g/mol. The van der Waals surface area contributed by atoms with Gasteiger partial charge in [-0.2, -0.15) is 0 Å². The lowest BCUT2D eigenvalue weighted by Crippen LogP contribution is -2.40. The van der Waals surface area contributed by atoms with Gasteiger partial charge in [0.1, 0.15) is 17.1 Å². The van der Waals surface area contributed by atoms with Gasteiger partial charge in [0.2, 0.25) is 0 Å². The van der Waals surface area contributed by atoms with Crippen molar-refractivity contribution in [2.45, 2.75) is 6.04 Å². The van der Waals surface area contributed by atoms with Gasteiger partial charge in [0.15, 0.2) is 0 Å². The molecule has 1 unspecified atom stereocenters. The van der Waals surface area contributed by atoms with Crippen LogP contribution < -0.4 is 0 Å². The summed E-state index contributed by atoms with van der Waals surface area (Å²) in [7, 11) is 0. The Kier molecular flexibility index (Phi) is 4.13. The molecule has 24 heavy (non-hydrogen) atoms. The van der Waals surface area contributed by atoms with Crippen molar-refractivity contribution < 1.29 is 14.2 Å². The summed E-state index contributed by atoms with van der Waals surface area (Å²) in [5.41, 5.74) is 3.17. The smallest absolute Gasteiger partial charge is 0.147 e. The molecule has 4 rings (SSSR count). The van der Waals surface area contributed by atoms with E-state index in [1.165, 1.54) is 17.4 Å². The standard InChI is InChI=1S/C17H16FN3O2S/c18-12-2-1-5-19-14(12)16(21-6-8-23-9-7-21)11-3-4-13-15(17(11)22)20-10-24-13/h1-5,10,16,22H,6-9H2. The predicted octanol–water partition coefficient (Wildman–Crippen LogP) is 2.96. The Morgan fingerprint density at radius 1 is 1.21 bits per heavy atom. The molecule has 0 amide bonds. The highest BCUT2D eigenvalue weighted by Crippen LogP contribution is 2.39. The van der Waals surface area contributed by atoms with E-state index in [-0.39, 0.29) is 11.6 Å². The number of phenolic OH excluding ortho intramolecular Hbond substituents is 1. The second-order valence-electron chi connectivity index (χ2n) is 5.62. The third kappa shape index (κ3) is 2.64. The number of fused-ring (bicyclic) bond motifs is 1. The summed E-state index contributed by atoms with van der Waals surface area (Å²) >= 11 is 1.46. The van der Waals surface area contributed by atoms with Crippen molar-refractivity contribution >= 4 is 21.6 Å². The van der Waals surface area contributed by atoms with E-state index >= 15 is 0 Å². The zero-order chi connectivity index (χ0) is 16.5. The molecule has 0 saturated carbocycles. The van der Waals surface area contributed by atoms with Crippen molar-refractivity contribution in [1.82, 2.24) is 14.9 Å². The van der Waals surface area contributed by atoms with Crippen LogP contribution in [0.5, 0.6) is 5.75 Å². The van der Waals surface area contributed by atoms with Gasteiger partial charge in [-0.1, -0.05) is 6.07 Å². The van der Waals surface area contributed by atoms with Crippen LogP contribution in [-0.4, -0.2) is 46.3 Å². The quantitative estimate of drug-likeness (QED) is 0.791. The number of phenols is 1. The molecule has 1 aliphatic heterocycles. The van der Waals surface area contributed by atoms with Crippen molar-refractivity contribution in [3.8, 4) is 5.75 Å². The zero-order valence-corrected chi connectivity index (χ0v) is 13.7. The molecule has 3 heterocycles. The summed E-state index contributed by atoms with van der Waals surface area (Å²) in [6.07, 6.45) is 1.57. The molecule has 124 valence electrons. The zero-order valence-electron chi connectivity index (χ0n) is 12.9. The predicted molar refractivity (Wildman–Crippen MR) is 89.7 cm³/mol. The fourth-order valence-corrected chi connectivity index (χ4v) is 3.78. The molecular formula is C17H16FN3O2S. The van der Waals surface area contributed by atoms with Crippen LogP contribution in [0.1, 0.15) is 17.3 Å². The van der Waals surface area contributed by atoms with E-state index in [1.807, 2.05) is 12.1 Å². The minimum absolute atomic E-state index is 0.0929. The Labute approximate surface area is 142 Å². The van der Waals surface area contributed by atoms with E-state index in [0.29, 0.717) is 43.1 Å². The Morgan fingerprint density at radius 3 is 2.83 bits per heavy atom. The SMILES string of the molecule is Oc1c(C(c2ncccc2F)N2CCOCC2)ccc2scnc12. The van der Waals surface area contributed by atoms with Crippen LogP contribution in [0, 0.1) is 5.82 Å². The maximum Gasteiger partial charge on any atom is 0.147 e. The average molecular weight is 345 g/mol. The largest absolute Gasteiger partial charge is 0.505 e. The van der Waals surface area contributed by atoms with Crippen LogP contribution in [-0.2, 0) is 4.74 Å². The summed E-state index contributed by atoms with van der Waals surface area (Å²) < 4.78 is 20.8. The van der Waals surface area contributed by atoms with E-state index in [2.05, 4.69) is 14.9 Å². The fraction of sp³-hybridized carbons (Fsp3) is 0.294. The van der Waals surface area contributed by atoms with E-state index in [9.17, 15) is 9.50 Å². The molecule has 3 aromatic rings. The average Bonchev–Trinajstić information content (AvgIpc) is 3.09. The van der Waals surface area contributed by atoms with Crippen molar-refractivity contribution in [1.29, 1.82) is 0 Å². The van der Waals surface area contributed by atoms with Gasteiger partial charge in [0.05, 0.1) is 35.2 Å². The van der Waals surface area contributed by atoms with Gasteiger partial charge >= 0.3 is 0 Å². The van der Waals surface area contributed by atoms with Crippen molar-refractivity contribution in [2.75, 3.05) is 26.3 Å². The summed E-state index contributed by atoms with van der Waals surface area (Å²) in [5, 5.41) is 10.7. The summed E-state index contributed by atoms with van der Waals surface area (Å²) in [6, 6.07) is 6.24. The number of hydrogen-bond acceptors (Lipinski definition) is 6. The third-order valence-electron chi connectivity index (χ3n) is 4.26. The first kappa shape index (κ1) is 15.4. The second kappa shape index (κ2) is 6.43. The number of rotatable bonds is 3. The third-order valence-corrected chi connectivity index (χ3v) is 5.05. The molecule has 1 atom stereocenters. The number of hydrogen-bond donors (Lipinski definition) is 1. The van der Waals surface area contributed by atoms with Crippen molar-refractivity contribution in [3.05, 3.63) is 53.0 Å².